The number of ketones is 1. The van der Waals surface area contributed by atoms with Crippen molar-refractivity contribution in [3.05, 3.63) is 71.8 Å². The number of rotatable bonds is 10. The van der Waals surface area contributed by atoms with Gasteiger partial charge in [0, 0.05) is 24.8 Å². The molecule has 0 aliphatic carbocycles. The van der Waals surface area contributed by atoms with Crippen molar-refractivity contribution in [3.63, 3.8) is 0 Å². The molecule has 1 N–H and O–H groups in total. The Bertz CT molecular complexity index is 1680. The van der Waals surface area contributed by atoms with E-state index in [4.69, 9.17) is 18.9 Å². The molecule has 0 bridgehead atoms. The standard InChI is InChI=1S/C31H31N5O7/c1-19(37)23-14-27-28(43-18-42-27)15-26(23)36(29(38)17-35-25-11-4-3-10-24(25)33-34-35)30(20-7-5-8-21(13-20)40-2)31(39)32-16-22-9-6-12-41-22/h3-5,7-8,10-11,13-15,22,30H,6,9,12,16-18H2,1-2H3,(H,32,39)/t22-,30-/m0/s1. The van der Waals surface area contributed by atoms with Gasteiger partial charge >= 0.3 is 0 Å². The van der Waals surface area contributed by atoms with Crippen LogP contribution in [0.5, 0.6) is 17.2 Å². The third kappa shape index (κ3) is 5.73. The monoisotopic (exact) mass is 585 g/mol. The molecule has 4 aromatic rings. The number of nitrogens with zero attached hydrogens (tertiary/aromatic N) is 4. The maximum absolute atomic E-state index is 14.5. The first-order valence-corrected chi connectivity index (χ1v) is 14.0. The number of amides is 2. The minimum absolute atomic E-state index is 0.0315. The molecule has 0 spiro atoms. The van der Waals surface area contributed by atoms with Crippen LogP contribution >= 0.6 is 0 Å². The molecule has 2 aliphatic rings. The van der Waals surface area contributed by atoms with E-state index in [0.717, 1.165) is 12.8 Å². The molecule has 3 aromatic carbocycles. The van der Waals surface area contributed by atoms with Crippen LogP contribution in [0.1, 0.15) is 41.7 Å². The molecule has 0 unspecified atom stereocenters. The van der Waals surface area contributed by atoms with E-state index in [-0.39, 0.29) is 43.0 Å². The molecule has 12 nitrogen and oxygen atoms in total. The number of benzene rings is 3. The first-order valence-electron chi connectivity index (χ1n) is 14.0. The molecule has 12 heteroatoms. The van der Waals surface area contributed by atoms with Crippen LogP contribution in [0.4, 0.5) is 5.69 Å². The maximum Gasteiger partial charge on any atom is 0.249 e. The normalized spacial score (nSPS) is 16.2. The van der Waals surface area contributed by atoms with Gasteiger partial charge in [-0.05, 0) is 55.7 Å². The number of anilines is 1. The van der Waals surface area contributed by atoms with Crippen molar-refractivity contribution in [2.75, 3.05) is 32.0 Å². The van der Waals surface area contributed by atoms with Crippen LogP contribution in [0.3, 0.4) is 0 Å². The molecule has 2 amide bonds. The molecule has 2 atom stereocenters. The second-order valence-electron chi connectivity index (χ2n) is 10.3. The highest BCUT2D eigenvalue weighted by Gasteiger charge is 2.37. The van der Waals surface area contributed by atoms with Crippen LogP contribution in [0.15, 0.2) is 60.7 Å². The van der Waals surface area contributed by atoms with Gasteiger partial charge in [0.2, 0.25) is 18.6 Å². The molecular formula is C31H31N5O7. The van der Waals surface area contributed by atoms with Crippen LogP contribution in [0, 0.1) is 0 Å². The number of aromatic nitrogens is 3. The van der Waals surface area contributed by atoms with Gasteiger partial charge in [-0.1, -0.05) is 29.5 Å². The summed E-state index contributed by atoms with van der Waals surface area (Å²) in [5.74, 6) is -0.0367. The van der Waals surface area contributed by atoms with Gasteiger partial charge in [-0.3, -0.25) is 19.3 Å². The van der Waals surface area contributed by atoms with E-state index in [9.17, 15) is 14.4 Å². The van der Waals surface area contributed by atoms with E-state index < -0.39 is 17.9 Å². The van der Waals surface area contributed by atoms with E-state index >= 15 is 0 Å². The molecule has 2 aliphatic heterocycles. The zero-order valence-electron chi connectivity index (χ0n) is 23.8. The smallest absolute Gasteiger partial charge is 0.249 e. The van der Waals surface area contributed by atoms with E-state index in [1.807, 2.05) is 18.2 Å². The summed E-state index contributed by atoms with van der Waals surface area (Å²) >= 11 is 0. The molecule has 1 fully saturated rings. The molecule has 0 saturated carbocycles. The zero-order chi connectivity index (χ0) is 29.9. The Morgan fingerprint density at radius 1 is 1.09 bits per heavy atom. The molecule has 222 valence electrons. The van der Waals surface area contributed by atoms with E-state index in [0.29, 0.717) is 40.5 Å². The van der Waals surface area contributed by atoms with Crippen LogP contribution in [0.25, 0.3) is 11.0 Å². The number of para-hydroxylation sites is 1. The summed E-state index contributed by atoms with van der Waals surface area (Å²) in [5, 5.41) is 11.3. The van der Waals surface area contributed by atoms with Gasteiger partial charge in [0.05, 0.1) is 24.4 Å². The lowest BCUT2D eigenvalue weighted by Gasteiger charge is -2.33. The fourth-order valence-electron chi connectivity index (χ4n) is 5.41. The zero-order valence-corrected chi connectivity index (χ0v) is 23.8. The van der Waals surface area contributed by atoms with Crippen molar-refractivity contribution >= 4 is 34.3 Å². The Kier molecular flexibility index (Phi) is 7.93. The molecule has 1 saturated heterocycles. The Balaban J connectivity index is 1.49. The predicted octanol–water partition coefficient (Wildman–Crippen LogP) is 3.44. The van der Waals surface area contributed by atoms with Gasteiger partial charge < -0.3 is 24.3 Å². The number of fused-ring (bicyclic) bond motifs is 2. The SMILES string of the molecule is COc1cccc([C@@H](C(=O)NC[C@@H]2CCCO2)N(C(=O)Cn2nnc3ccccc32)c2cc3c(cc2C(C)=O)OCO3)c1. The number of hydrogen-bond acceptors (Lipinski definition) is 9. The maximum atomic E-state index is 14.5. The lowest BCUT2D eigenvalue weighted by molar-refractivity contribution is -0.127. The van der Waals surface area contributed by atoms with E-state index in [2.05, 4.69) is 15.6 Å². The Hall–Kier alpha value is -4.97. The molecule has 6 rings (SSSR count). The van der Waals surface area contributed by atoms with Gasteiger partial charge in [0.25, 0.3) is 0 Å². The summed E-state index contributed by atoms with van der Waals surface area (Å²) in [4.78, 5) is 43.0. The highest BCUT2D eigenvalue weighted by molar-refractivity contribution is 6.08. The minimum Gasteiger partial charge on any atom is -0.497 e. The van der Waals surface area contributed by atoms with Crippen molar-refractivity contribution in [2.45, 2.75) is 38.5 Å². The molecule has 3 heterocycles. The van der Waals surface area contributed by atoms with Gasteiger partial charge in [-0.2, -0.15) is 0 Å². The number of hydrogen-bond donors (Lipinski definition) is 1. The van der Waals surface area contributed by atoms with Gasteiger partial charge in [0.15, 0.2) is 17.3 Å². The first kappa shape index (κ1) is 28.2. The number of Topliss-reactive ketones (excluding diaryl/α,β-unsaturated/α-hetero) is 1. The first-order chi connectivity index (χ1) is 20.9. The van der Waals surface area contributed by atoms with Crippen LogP contribution < -0.4 is 24.4 Å². The molecule has 0 radical (unpaired) electrons. The number of carbonyl (C=O) groups is 3. The molecule has 43 heavy (non-hydrogen) atoms. The predicted molar refractivity (Wildman–Crippen MR) is 155 cm³/mol. The number of carbonyl (C=O) groups excluding carboxylic acids is 3. The van der Waals surface area contributed by atoms with Crippen molar-refractivity contribution in [2.24, 2.45) is 0 Å². The third-order valence-electron chi connectivity index (χ3n) is 7.55. The Morgan fingerprint density at radius 3 is 2.67 bits per heavy atom. The van der Waals surface area contributed by atoms with E-state index in [1.165, 1.54) is 29.7 Å². The lowest BCUT2D eigenvalue weighted by Crippen LogP contribution is -2.47. The van der Waals surface area contributed by atoms with Gasteiger partial charge in [0.1, 0.15) is 23.9 Å². The van der Waals surface area contributed by atoms with Crippen LogP contribution in [0.2, 0.25) is 0 Å². The number of methoxy groups -OCH3 is 1. The summed E-state index contributed by atoms with van der Waals surface area (Å²) in [6, 6.07) is 16.1. The Morgan fingerprint density at radius 2 is 1.91 bits per heavy atom. The lowest BCUT2D eigenvalue weighted by atomic mass is 9.99. The largest absolute Gasteiger partial charge is 0.497 e. The summed E-state index contributed by atoms with van der Waals surface area (Å²) < 4.78 is 23.8. The Labute approximate surface area is 247 Å². The molecular weight excluding hydrogens is 554 g/mol. The second kappa shape index (κ2) is 12.1. The highest BCUT2D eigenvalue weighted by atomic mass is 16.7. The topological polar surface area (TPSA) is 134 Å². The van der Waals surface area contributed by atoms with Gasteiger partial charge in [-0.15, -0.1) is 5.10 Å². The van der Waals surface area contributed by atoms with Crippen molar-refractivity contribution in [1.82, 2.24) is 20.3 Å². The van der Waals surface area contributed by atoms with Gasteiger partial charge in [-0.25, -0.2) is 4.68 Å². The number of ether oxygens (including phenoxy) is 4. The van der Waals surface area contributed by atoms with Crippen molar-refractivity contribution < 1.29 is 33.3 Å². The third-order valence-corrected chi connectivity index (χ3v) is 7.55. The van der Waals surface area contributed by atoms with Crippen LogP contribution in [-0.4, -0.2) is 65.7 Å². The fraction of sp³-hybridized carbons (Fsp3) is 0.323. The fourth-order valence-corrected chi connectivity index (χ4v) is 5.41. The summed E-state index contributed by atoms with van der Waals surface area (Å²) in [6.45, 7) is 2.01. The summed E-state index contributed by atoms with van der Waals surface area (Å²) in [6.07, 6.45) is 1.61. The highest BCUT2D eigenvalue weighted by Crippen LogP contribution is 2.41. The average molecular weight is 586 g/mol. The minimum atomic E-state index is -1.20. The van der Waals surface area contributed by atoms with Crippen molar-refractivity contribution in [1.29, 1.82) is 0 Å². The quantitative estimate of drug-likeness (QED) is 0.278. The van der Waals surface area contributed by atoms with Crippen LogP contribution in [-0.2, 0) is 20.9 Å². The summed E-state index contributed by atoms with van der Waals surface area (Å²) in [7, 11) is 1.52. The number of nitrogens with one attached hydrogen (secondary N) is 1. The molecule has 1 aromatic heterocycles. The average Bonchev–Trinajstić information content (AvgIpc) is 3.79. The van der Waals surface area contributed by atoms with Crippen molar-refractivity contribution in [3.8, 4) is 17.2 Å². The van der Waals surface area contributed by atoms with E-state index in [1.54, 1.807) is 36.4 Å². The summed E-state index contributed by atoms with van der Waals surface area (Å²) in [5.41, 5.74) is 2.14. The second-order valence-corrected chi connectivity index (χ2v) is 10.3.